The number of anilines is 1. The molecule has 0 radical (unpaired) electrons. The Bertz CT molecular complexity index is 574. The Morgan fingerprint density at radius 3 is 2.85 bits per heavy atom. The number of likely N-dealkylation sites (tertiary alicyclic amines) is 1. The molecule has 1 fully saturated rings. The van der Waals surface area contributed by atoms with Gasteiger partial charge in [0.15, 0.2) is 5.82 Å². The van der Waals surface area contributed by atoms with E-state index in [1.165, 1.54) is 31.6 Å². The zero-order valence-corrected chi connectivity index (χ0v) is 13.5. The molecule has 0 bridgehead atoms. The zero-order valence-electron chi connectivity index (χ0n) is 11.9. The molecule has 0 aromatic carbocycles. The number of rotatable bonds is 5. The lowest BCUT2D eigenvalue weighted by Gasteiger charge is -2.22. The first-order valence-corrected chi connectivity index (χ1v) is 8.37. The van der Waals surface area contributed by atoms with Gasteiger partial charge in [-0.1, -0.05) is 22.0 Å². The van der Waals surface area contributed by atoms with Crippen molar-refractivity contribution in [1.29, 1.82) is 0 Å². The van der Waals surface area contributed by atoms with Crippen molar-refractivity contribution in [3.05, 3.63) is 30.1 Å². The predicted octanol–water partition coefficient (Wildman–Crippen LogP) is 2.76. The van der Waals surface area contributed by atoms with Gasteiger partial charge in [-0.25, -0.2) is 4.98 Å². The maximum absolute atomic E-state index is 4.77. The van der Waals surface area contributed by atoms with E-state index in [4.69, 9.17) is 4.98 Å². The summed E-state index contributed by atoms with van der Waals surface area (Å²) in [5.41, 5.74) is 2.24. The first-order valence-electron chi connectivity index (χ1n) is 7.25. The van der Waals surface area contributed by atoms with Crippen molar-refractivity contribution in [3.63, 3.8) is 0 Å². The lowest BCUT2D eigenvalue weighted by Crippen LogP contribution is -2.31. The summed E-state index contributed by atoms with van der Waals surface area (Å²) < 4.78 is 2.16. The molecular formula is C15H21BrN4. The van der Waals surface area contributed by atoms with Crippen LogP contribution in [0.1, 0.15) is 18.5 Å². The van der Waals surface area contributed by atoms with E-state index in [1.54, 1.807) is 0 Å². The monoisotopic (exact) mass is 336 g/mol. The smallest absolute Gasteiger partial charge is 0.151 e. The molecule has 3 rings (SSSR count). The van der Waals surface area contributed by atoms with Gasteiger partial charge in [0.2, 0.25) is 0 Å². The number of imidazole rings is 1. The molecule has 3 heterocycles. The van der Waals surface area contributed by atoms with Crippen LogP contribution in [0, 0.1) is 0 Å². The van der Waals surface area contributed by atoms with Crippen LogP contribution in [-0.4, -0.2) is 47.5 Å². The maximum atomic E-state index is 4.77. The molecule has 0 amide bonds. The fourth-order valence-electron chi connectivity index (χ4n) is 2.87. The van der Waals surface area contributed by atoms with Crippen molar-refractivity contribution >= 4 is 27.4 Å². The fourth-order valence-corrected chi connectivity index (χ4v) is 3.39. The molecule has 0 aliphatic carbocycles. The maximum Gasteiger partial charge on any atom is 0.151 e. The second-order valence-corrected chi connectivity index (χ2v) is 5.98. The van der Waals surface area contributed by atoms with Crippen LogP contribution < -0.4 is 4.90 Å². The number of aromatic nitrogens is 2. The van der Waals surface area contributed by atoms with Crippen molar-refractivity contribution in [3.8, 4) is 0 Å². The Balaban J connectivity index is 1.77. The minimum atomic E-state index is 0.821. The Hall–Kier alpha value is -1.07. The minimum Gasteiger partial charge on any atom is -0.357 e. The fraction of sp³-hybridized carbons (Fsp3) is 0.533. The summed E-state index contributed by atoms with van der Waals surface area (Å²) in [4.78, 5) is 9.59. The summed E-state index contributed by atoms with van der Waals surface area (Å²) >= 11 is 3.60. The highest BCUT2D eigenvalue weighted by Gasteiger charge is 2.16. The molecule has 0 spiro atoms. The SMILES string of the molecule is CN(CCN1CCCC1)c1nc2ccccn2c1CBr. The standard InChI is InChI=1S/C15H21BrN4/c1-18(10-11-19-7-4-5-8-19)15-13(12-16)20-9-3-2-6-14(20)17-15/h2-3,6,9H,4-5,7-8,10-12H2,1H3. The number of halogens is 1. The van der Waals surface area contributed by atoms with Crippen LogP contribution in [0.4, 0.5) is 5.82 Å². The average Bonchev–Trinajstić information content (AvgIpc) is 3.11. The van der Waals surface area contributed by atoms with Crippen LogP contribution in [0.5, 0.6) is 0 Å². The van der Waals surface area contributed by atoms with Gasteiger partial charge in [-0.2, -0.15) is 0 Å². The number of pyridine rings is 1. The van der Waals surface area contributed by atoms with E-state index in [0.29, 0.717) is 0 Å². The number of alkyl halides is 1. The van der Waals surface area contributed by atoms with Gasteiger partial charge in [-0.05, 0) is 38.1 Å². The second kappa shape index (κ2) is 6.14. The van der Waals surface area contributed by atoms with Gasteiger partial charge in [0, 0.05) is 31.7 Å². The average molecular weight is 337 g/mol. The van der Waals surface area contributed by atoms with E-state index in [1.807, 2.05) is 6.07 Å². The van der Waals surface area contributed by atoms with E-state index in [-0.39, 0.29) is 0 Å². The highest BCUT2D eigenvalue weighted by Crippen LogP contribution is 2.23. The van der Waals surface area contributed by atoms with Gasteiger partial charge in [-0.15, -0.1) is 0 Å². The predicted molar refractivity (Wildman–Crippen MR) is 86.8 cm³/mol. The Morgan fingerprint density at radius 1 is 1.30 bits per heavy atom. The minimum absolute atomic E-state index is 0.821. The van der Waals surface area contributed by atoms with Crippen LogP contribution in [0.2, 0.25) is 0 Å². The van der Waals surface area contributed by atoms with E-state index in [2.05, 4.69) is 55.5 Å². The third kappa shape index (κ3) is 2.69. The molecule has 4 nitrogen and oxygen atoms in total. The summed E-state index contributed by atoms with van der Waals surface area (Å²) in [5, 5.41) is 0.821. The second-order valence-electron chi connectivity index (χ2n) is 5.41. The third-order valence-electron chi connectivity index (χ3n) is 4.05. The first kappa shape index (κ1) is 13.9. The lowest BCUT2D eigenvalue weighted by molar-refractivity contribution is 0.346. The van der Waals surface area contributed by atoms with Crippen molar-refractivity contribution in [1.82, 2.24) is 14.3 Å². The summed E-state index contributed by atoms with van der Waals surface area (Å²) in [6, 6.07) is 6.15. The Kier molecular flexibility index (Phi) is 4.27. The van der Waals surface area contributed by atoms with Crippen LogP contribution in [0.15, 0.2) is 24.4 Å². The summed E-state index contributed by atoms with van der Waals surface area (Å²) in [7, 11) is 2.14. The van der Waals surface area contributed by atoms with Crippen LogP contribution in [0.3, 0.4) is 0 Å². The largest absolute Gasteiger partial charge is 0.357 e. The van der Waals surface area contributed by atoms with Crippen molar-refractivity contribution < 1.29 is 0 Å². The van der Waals surface area contributed by atoms with Gasteiger partial charge in [0.25, 0.3) is 0 Å². The highest BCUT2D eigenvalue weighted by atomic mass is 79.9. The molecule has 2 aromatic rings. The van der Waals surface area contributed by atoms with Crippen LogP contribution in [-0.2, 0) is 5.33 Å². The molecule has 2 aromatic heterocycles. The number of hydrogen-bond donors (Lipinski definition) is 0. The van der Waals surface area contributed by atoms with Crippen LogP contribution >= 0.6 is 15.9 Å². The number of nitrogens with zero attached hydrogens (tertiary/aromatic N) is 4. The zero-order chi connectivity index (χ0) is 13.9. The number of fused-ring (bicyclic) bond motifs is 1. The van der Waals surface area contributed by atoms with Crippen molar-refractivity contribution in [2.75, 3.05) is 38.1 Å². The Morgan fingerprint density at radius 2 is 2.10 bits per heavy atom. The van der Waals surface area contributed by atoms with E-state index >= 15 is 0 Å². The molecule has 1 saturated heterocycles. The summed E-state index contributed by atoms with van der Waals surface area (Å²) in [5.74, 6) is 1.09. The van der Waals surface area contributed by atoms with Gasteiger partial charge in [0.1, 0.15) is 5.65 Å². The molecule has 1 aliphatic rings. The number of likely N-dealkylation sites (N-methyl/N-ethyl adjacent to an activating group) is 1. The van der Waals surface area contributed by atoms with Gasteiger partial charge in [-0.3, -0.25) is 0 Å². The van der Waals surface area contributed by atoms with Gasteiger partial charge in [0.05, 0.1) is 5.69 Å². The topological polar surface area (TPSA) is 23.8 Å². The summed E-state index contributed by atoms with van der Waals surface area (Å²) in [6.45, 7) is 4.67. The van der Waals surface area contributed by atoms with Gasteiger partial charge < -0.3 is 14.2 Å². The summed E-state index contributed by atoms with van der Waals surface area (Å²) in [6.07, 6.45) is 4.78. The molecule has 5 heteroatoms. The molecule has 0 N–H and O–H groups in total. The Labute approximate surface area is 128 Å². The quantitative estimate of drug-likeness (QED) is 0.784. The van der Waals surface area contributed by atoms with Crippen LogP contribution in [0.25, 0.3) is 5.65 Å². The normalized spacial score (nSPS) is 16.1. The van der Waals surface area contributed by atoms with Crippen molar-refractivity contribution in [2.45, 2.75) is 18.2 Å². The molecule has 20 heavy (non-hydrogen) atoms. The lowest BCUT2D eigenvalue weighted by atomic mass is 10.4. The molecule has 0 saturated carbocycles. The molecule has 0 atom stereocenters. The molecule has 108 valence electrons. The highest BCUT2D eigenvalue weighted by molar-refractivity contribution is 9.08. The number of hydrogen-bond acceptors (Lipinski definition) is 3. The van der Waals surface area contributed by atoms with E-state index in [0.717, 1.165) is 29.9 Å². The molecular weight excluding hydrogens is 316 g/mol. The first-order chi connectivity index (χ1) is 9.79. The van der Waals surface area contributed by atoms with E-state index in [9.17, 15) is 0 Å². The van der Waals surface area contributed by atoms with E-state index < -0.39 is 0 Å². The molecule has 1 aliphatic heterocycles. The molecule has 0 unspecified atom stereocenters. The van der Waals surface area contributed by atoms with Gasteiger partial charge >= 0.3 is 0 Å². The third-order valence-corrected chi connectivity index (χ3v) is 4.58. The van der Waals surface area contributed by atoms with Crippen molar-refractivity contribution in [2.24, 2.45) is 0 Å².